The van der Waals surface area contributed by atoms with Crippen LogP contribution in [-0.4, -0.2) is 21.4 Å². The van der Waals surface area contributed by atoms with Gasteiger partial charge in [0.2, 0.25) is 0 Å². The number of halogens is 4. The van der Waals surface area contributed by atoms with E-state index in [1.165, 1.54) is 6.42 Å². The maximum atomic E-state index is 14.1. The first-order chi connectivity index (χ1) is 13.8. The standard InChI is InChI=1S/C21H23F4N3O/c22-17-7-6-15(21(23,24)25)10-14(17)11-28-9-8-16-18(12-28)26-19(27-20(16)29)13-4-2-1-3-5-13/h6-7,10,13H,1-5,8-9,11-12H2,(H,26,27,29). The summed E-state index contributed by atoms with van der Waals surface area (Å²) in [6.07, 6.45) is 1.37. The lowest BCUT2D eigenvalue weighted by molar-refractivity contribution is -0.137. The van der Waals surface area contributed by atoms with Crippen molar-refractivity contribution in [2.75, 3.05) is 6.54 Å². The molecule has 0 unspecified atom stereocenters. The molecule has 2 heterocycles. The van der Waals surface area contributed by atoms with E-state index >= 15 is 0 Å². The fourth-order valence-corrected chi connectivity index (χ4v) is 4.33. The lowest BCUT2D eigenvalue weighted by atomic mass is 9.88. The van der Waals surface area contributed by atoms with E-state index < -0.39 is 17.6 Å². The van der Waals surface area contributed by atoms with Crippen LogP contribution in [0.25, 0.3) is 0 Å². The molecule has 0 spiro atoms. The Hall–Kier alpha value is -2.22. The number of aromatic amines is 1. The van der Waals surface area contributed by atoms with E-state index in [0.29, 0.717) is 36.6 Å². The lowest BCUT2D eigenvalue weighted by Crippen LogP contribution is -2.36. The van der Waals surface area contributed by atoms with E-state index in [4.69, 9.17) is 4.98 Å². The smallest absolute Gasteiger partial charge is 0.310 e. The number of nitrogens with zero attached hydrogens (tertiary/aromatic N) is 2. The zero-order chi connectivity index (χ0) is 20.6. The maximum absolute atomic E-state index is 14.1. The Morgan fingerprint density at radius 1 is 1.17 bits per heavy atom. The number of aromatic nitrogens is 2. The summed E-state index contributed by atoms with van der Waals surface area (Å²) in [7, 11) is 0. The van der Waals surface area contributed by atoms with E-state index in [1.54, 1.807) is 0 Å². The zero-order valence-corrected chi connectivity index (χ0v) is 16.0. The summed E-state index contributed by atoms with van der Waals surface area (Å²) in [4.78, 5) is 22.0. The van der Waals surface area contributed by atoms with E-state index in [-0.39, 0.29) is 23.6 Å². The van der Waals surface area contributed by atoms with Crippen molar-refractivity contribution in [2.45, 2.75) is 63.7 Å². The molecule has 0 bridgehead atoms. The van der Waals surface area contributed by atoms with Gasteiger partial charge < -0.3 is 4.98 Å². The number of benzene rings is 1. The largest absolute Gasteiger partial charge is 0.416 e. The molecule has 1 fully saturated rings. The number of H-pyrrole nitrogens is 1. The average molecular weight is 409 g/mol. The van der Waals surface area contributed by atoms with E-state index in [9.17, 15) is 22.4 Å². The molecule has 1 aromatic heterocycles. The molecule has 0 radical (unpaired) electrons. The van der Waals surface area contributed by atoms with E-state index in [0.717, 1.165) is 43.9 Å². The minimum Gasteiger partial charge on any atom is -0.310 e. The molecule has 2 aromatic rings. The van der Waals surface area contributed by atoms with Crippen molar-refractivity contribution in [1.29, 1.82) is 0 Å². The van der Waals surface area contributed by atoms with Crippen LogP contribution in [-0.2, 0) is 25.7 Å². The van der Waals surface area contributed by atoms with Gasteiger partial charge in [-0.3, -0.25) is 9.69 Å². The van der Waals surface area contributed by atoms with Crippen LogP contribution in [0.3, 0.4) is 0 Å². The minimum atomic E-state index is -4.51. The van der Waals surface area contributed by atoms with Crippen LogP contribution in [0.15, 0.2) is 23.0 Å². The van der Waals surface area contributed by atoms with Gasteiger partial charge in [-0.25, -0.2) is 9.37 Å². The highest BCUT2D eigenvalue weighted by Crippen LogP contribution is 2.32. The number of hydrogen-bond acceptors (Lipinski definition) is 3. The normalized spacial score (nSPS) is 18.6. The van der Waals surface area contributed by atoms with Crippen molar-refractivity contribution in [2.24, 2.45) is 0 Å². The second-order valence-corrected chi connectivity index (χ2v) is 7.98. The molecular weight excluding hydrogens is 386 g/mol. The van der Waals surface area contributed by atoms with Crippen molar-refractivity contribution in [3.63, 3.8) is 0 Å². The van der Waals surface area contributed by atoms with Crippen LogP contribution < -0.4 is 5.56 Å². The van der Waals surface area contributed by atoms with Crippen LogP contribution in [0.4, 0.5) is 17.6 Å². The Kier molecular flexibility index (Phi) is 5.46. The fourth-order valence-electron chi connectivity index (χ4n) is 4.33. The van der Waals surface area contributed by atoms with Crippen LogP contribution in [0.5, 0.6) is 0 Å². The van der Waals surface area contributed by atoms with Crippen molar-refractivity contribution in [1.82, 2.24) is 14.9 Å². The summed E-state index contributed by atoms with van der Waals surface area (Å²) in [6, 6.07) is 2.48. The SMILES string of the molecule is O=c1[nH]c(C2CCCCC2)nc2c1CCN(Cc1cc(C(F)(F)F)ccc1F)C2. The first-order valence-corrected chi connectivity index (χ1v) is 10.0. The summed E-state index contributed by atoms with van der Waals surface area (Å²) >= 11 is 0. The van der Waals surface area contributed by atoms with Gasteiger partial charge in [-0.15, -0.1) is 0 Å². The third-order valence-corrected chi connectivity index (χ3v) is 5.93. The fraction of sp³-hybridized carbons (Fsp3) is 0.524. The summed E-state index contributed by atoms with van der Waals surface area (Å²) in [5, 5.41) is 0. The van der Waals surface area contributed by atoms with Crippen molar-refractivity contribution >= 4 is 0 Å². The third-order valence-electron chi connectivity index (χ3n) is 5.93. The maximum Gasteiger partial charge on any atom is 0.416 e. The highest BCUT2D eigenvalue weighted by molar-refractivity contribution is 5.28. The molecule has 1 N–H and O–H groups in total. The molecule has 2 aliphatic rings. The predicted octanol–water partition coefficient (Wildman–Crippen LogP) is 4.53. The van der Waals surface area contributed by atoms with Crippen LogP contribution >= 0.6 is 0 Å². The summed E-state index contributed by atoms with van der Waals surface area (Å²) in [5.74, 6) is 0.296. The second kappa shape index (κ2) is 7.89. The zero-order valence-electron chi connectivity index (χ0n) is 16.0. The molecule has 4 nitrogen and oxygen atoms in total. The van der Waals surface area contributed by atoms with Crippen LogP contribution in [0, 0.1) is 5.82 Å². The van der Waals surface area contributed by atoms with Gasteiger partial charge in [0, 0.05) is 36.7 Å². The molecule has 1 saturated carbocycles. The Morgan fingerprint density at radius 3 is 2.66 bits per heavy atom. The molecule has 8 heteroatoms. The molecule has 4 rings (SSSR count). The summed E-state index contributed by atoms with van der Waals surface area (Å²) in [5.41, 5.74) is 0.305. The van der Waals surface area contributed by atoms with Gasteiger partial charge in [-0.05, 0) is 37.5 Å². The van der Waals surface area contributed by atoms with Crippen LogP contribution in [0.1, 0.15) is 66.2 Å². The second-order valence-electron chi connectivity index (χ2n) is 7.98. The molecule has 0 atom stereocenters. The quantitative estimate of drug-likeness (QED) is 0.758. The van der Waals surface area contributed by atoms with E-state index in [1.807, 2.05) is 4.90 Å². The monoisotopic (exact) mass is 409 g/mol. The number of fused-ring (bicyclic) bond motifs is 1. The number of hydrogen-bond donors (Lipinski definition) is 1. The Labute approximate surface area is 166 Å². The van der Waals surface area contributed by atoms with Gasteiger partial charge in [0.15, 0.2) is 0 Å². The van der Waals surface area contributed by atoms with Crippen molar-refractivity contribution in [3.05, 3.63) is 62.6 Å². The third kappa shape index (κ3) is 4.37. The molecule has 1 aliphatic carbocycles. The van der Waals surface area contributed by atoms with Gasteiger partial charge in [0.25, 0.3) is 5.56 Å². The lowest BCUT2D eigenvalue weighted by Gasteiger charge is -2.29. The predicted molar refractivity (Wildman–Crippen MR) is 99.9 cm³/mol. The number of rotatable bonds is 3. The van der Waals surface area contributed by atoms with E-state index in [2.05, 4.69) is 4.98 Å². The molecule has 1 aliphatic heterocycles. The first-order valence-electron chi connectivity index (χ1n) is 10.0. The average Bonchev–Trinajstić information content (AvgIpc) is 2.69. The van der Waals surface area contributed by atoms with Gasteiger partial charge in [0.05, 0.1) is 11.3 Å². The summed E-state index contributed by atoms with van der Waals surface area (Å²) < 4.78 is 53.0. The van der Waals surface area contributed by atoms with Crippen molar-refractivity contribution in [3.8, 4) is 0 Å². The molecule has 1 aromatic carbocycles. The Balaban J connectivity index is 1.55. The molecule has 29 heavy (non-hydrogen) atoms. The molecule has 0 amide bonds. The molecular formula is C21H23F4N3O. The highest BCUT2D eigenvalue weighted by atomic mass is 19.4. The van der Waals surface area contributed by atoms with Gasteiger partial charge >= 0.3 is 6.18 Å². The minimum absolute atomic E-state index is 0.000574. The number of nitrogens with one attached hydrogen (secondary N) is 1. The highest BCUT2D eigenvalue weighted by Gasteiger charge is 2.31. The Morgan fingerprint density at radius 2 is 1.93 bits per heavy atom. The molecule has 0 saturated heterocycles. The first kappa shape index (κ1) is 20.1. The van der Waals surface area contributed by atoms with Gasteiger partial charge in [-0.1, -0.05) is 19.3 Å². The van der Waals surface area contributed by atoms with Gasteiger partial charge in [0.1, 0.15) is 11.6 Å². The van der Waals surface area contributed by atoms with Gasteiger partial charge in [-0.2, -0.15) is 13.2 Å². The molecule has 156 valence electrons. The van der Waals surface area contributed by atoms with Crippen LogP contribution in [0.2, 0.25) is 0 Å². The topological polar surface area (TPSA) is 49.0 Å². The van der Waals surface area contributed by atoms with Crippen molar-refractivity contribution < 1.29 is 17.6 Å². The number of alkyl halides is 3. The Bertz CT molecular complexity index is 948. The summed E-state index contributed by atoms with van der Waals surface area (Å²) in [6.45, 7) is 0.841.